The van der Waals surface area contributed by atoms with Crippen LogP contribution in [-0.2, 0) is 0 Å². The molecule has 2 aromatic rings. The van der Waals surface area contributed by atoms with E-state index in [1.165, 1.54) is 6.33 Å². The van der Waals surface area contributed by atoms with Crippen molar-refractivity contribution in [3.8, 4) is 5.88 Å². The molecular weight excluding hydrogens is 270 g/mol. The maximum Gasteiger partial charge on any atom is 0.253 e. The van der Waals surface area contributed by atoms with Crippen LogP contribution in [0.3, 0.4) is 0 Å². The summed E-state index contributed by atoms with van der Waals surface area (Å²) in [7, 11) is 1.56. The fourth-order valence-electron chi connectivity index (χ4n) is 1.84. The average molecular weight is 289 g/mol. The first-order chi connectivity index (χ1) is 10.2. The van der Waals surface area contributed by atoms with Crippen molar-refractivity contribution in [1.29, 1.82) is 0 Å². The van der Waals surface area contributed by atoms with Crippen molar-refractivity contribution in [2.75, 3.05) is 25.5 Å². The van der Waals surface area contributed by atoms with Crippen molar-refractivity contribution in [3.05, 3.63) is 35.9 Å². The van der Waals surface area contributed by atoms with E-state index in [-0.39, 0.29) is 5.91 Å². The molecule has 3 N–H and O–H groups in total. The first kappa shape index (κ1) is 14.8. The molecule has 0 spiro atoms. The van der Waals surface area contributed by atoms with E-state index in [4.69, 9.17) is 4.74 Å². The SMILES string of the molecule is COc1cc(NCCCNC(=O)c2c[nH]cc2C)ncn1. The topological polar surface area (TPSA) is 91.9 Å². The van der Waals surface area contributed by atoms with Crippen LogP contribution in [0, 0.1) is 6.92 Å². The Morgan fingerprint density at radius 2 is 2.19 bits per heavy atom. The number of carbonyl (C=O) groups excluding carboxylic acids is 1. The Kier molecular flexibility index (Phi) is 5.14. The van der Waals surface area contributed by atoms with Gasteiger partial charge in [0.15, 0.2) is 0 Å². The summed E-state index contributed by atoms with van der Waals surface area (Å²) in [5.74, 6) is 1.16. The number of methoxy groups -OCH3 is 1. The van der Waals surface area contributed by atoms with Gasteiger partial charge in [0, 0.05) is 31.5 Å². The monoisotopic (exact) mass is 289 g/mol. The lowest BCUT2D eigenvalue weighted by molar-refractivity contribution is 0.0953. The third-order valence-corrected chi connectivity index (χ3v) is 2.99. The molecule has 7 nitrogen and oxygen atoms in total. The molecule has 112 valence electrons. The van der Waals surface area contributed by atoms with Gasteiger partial charge in [-0.15, -0.1) is 0 Å². The molecule has 2 rings (SSSR count). The molecule has 0 aliphatic rings. The lowest BCUT2D eigenvalue weighted by atomic mass is 10.2. The van der Waals surface area contributed by atoms with Gasteiger partial charge < -0.3 is 20.4 Å². The lowest BCUT2D eigenvalue weighted by Crippen LogP contribution is -2.26. The van der Waals surface area contributed by atoms with Crippen LogP contribution in [0.5, 0.6) is 5.88 Å². The standard InChI is InChI=1S/C14H19N5O2/c1-10-7-15-8-11(10)14(20)17-5-3-4-16-12-6-13(21-2)19-9-18-12/h6-9,15H,3-5H2,1-2H3,(H,17,20)(H,16,18,19). The van der Waals surface area contributed by atoms with Crippen molar-refractivity contribution in [2.45, 2.75) is 13.3 Å². The highest BCUT2D eigenvalue weighted by Crippen LogP contribution is 2.09. The van der Waals surface area contributed by atoms with Crippen molar-refractivity contribution >= 4 is 11.7 Å². The van der Waals surface area contributed by atoms with Gasteiger partial charge in [-0.2, -0.15) is 0 Å². The van der Waals surface area contributed by atoms with Crippen LogP contribution in [0.4, 0.5) is 5.82 Å². The third kappa shape index (κ3) is 4.20. The molecule has 0 bridgehead atoms. The number of aromatic nitrogens is 3. The number of carbonyl (C=O) groups is 1. The quantitative estimate of drug-likeness (QED) is 0.669. The Hall–Kier alpha value is -2.57. The number of rotatable bonds is 7. The Bertz CT molecular complexity index is 597. The summed E-state index contributed by atoms with van der Waals surface area (Å²) in [6.07, 6.45) is 5.74. The first-order valence-corrected chi connectivity index (χ1v) is 6.72. The van der Waals surface area contributed by atoms with Gasteiger partial charge in [0.05, 0.1) is 12.7 Å². The van der Waals surface area contributed by atoms with E-state index in [9.17, 15) is 4.79 Å². The van der Waals surface area contributed by atoms with Crippen LogP contribution in [0.1, 0.15) is 22.3 Å². The van der Waals surface area contributed by atoms with Gasteiger partial charge >= 0.3 is 0 Å². The largest absolute Gasteiger partial charge is 0.481 e. The fourth-order valence-corrected chi connectivity index (χ4v) is 1.84. The molecule has 0 unspecified atom stereocenters. The normalized spacial score (nSPS) is 10.2. The third-order valence-electron chi connectivity index (χ3n) is 2.99. The molecular formula is C14H19N5O2. The van der Waals surface area contributed by atoms with Crippen molar-refractivity contribution < 1.29 is 9.53 Å². The minimum absolute atomic E-state index is 0.0579. The molecule has 0 aromatic carbocycles. The van der Waals surface area contributed by atoms with Gasteiger partial charge in [-0.25, -0.2) is 9.97 Å². The van der Waals surface area contributed by atoms with Gasteiger partial charge in [-0.3, -0.25) is 4.79 Å². The molecule has 0 saturated heterocycles. The predicted molar refractivity (Wildman–Crippen MR) is 79.6 cm³/mol. The van der Waals surface area contributed by atoms with Crippen LogP contribution < -0.4 is 15.4 Å². The van der Waals surface area contributed by atoms with Gasteiger partial charge in [-0.05, 0) is 18.9 Å². The van der Waals surface area contributed by atoms with E-state index >= 15 is 0 Å². The van der Waals surface area contributed by atoms with Crippen LogP contribution in [0.15, 0.2) is 24.8 Å². The molecule has 0 aliphatic carbocycles. The predicted octanol–water partition coefficient (Wildman–Crippen LogP) is 1.35. The van der Waals surface area contributed by atoms with Crippen LogP contribution in [-0.4, -0.2) is 41.1 Å². The molecule has 1 amide bonds. The zero-order valence-corrected chi connectivity index (χ0v) is 12.1. The van der Waals surface area contributed by atoms with E-state index in [1.807, 2.05) is 6.92 Å². The Labute approximate surface area is 123 Å². The zero-order chi connectivity index (χ0) is 15.1. The van der Waals surface area contributed by atoms with Crippen LogP contribution in [0.25, 0.3) is 0 Å². The summed E-state index contributed by atoms with van der Waals surface area (Å²) >= 11 is 0. The average Bonchev–Trinajstić information content (AvgIpc) is 2.93. The van der Waals surface area contributed by atoms with Crippen molar-refractivity contribution in [3.63, 3.8) is 0 Å². The molecule has 7 heteroatoms. The van der Waals surface area contributed by atoms with E-state index in [2.05, 4.69) is 25.6 Å². The number of H-pyrrole nitrogens is 1. The molecule has 0 saturated carbocycles. The molecule has 21 heavy (non-hydrogen) atoms. The van der Waals surface area contributed by atoms with E-state index < -0.39 is 0 Å². The smallest absolute Gasteiger partial charge is 0.253 e. The fraction of sp³-hybridized carbons (Fsp3) is 0.357. The minimum atomic E-state index is -0.0579. The van der Waals surface area contributed by atoms with E-state index in [0.717, 1.165) is 12.0 Å². The maximum atomic E-state index is 11.9. The number of aryl methyl sites for hydroxylation is 1. The van der Waals surface area contributed by atoms with Gasteiger partial charge in [0.1, 0.15) is 12.1 Å². The number of ether oxygens (including phenoxy) is 1. The number of hydrogen-bond donors (Lipinski definition) is 3. The molecule has 2 heterocycles. The van der Waals surface area contributed by atoms with E-state index in [0.29, 0.717) is 30.4 Å². The highest BCUT2D eigenvalue weighted by Gasteiger charge is 2.08. The second kappa shape index (κ2) is 7.28. The summed E-state index contributed by atoms with van der Waals surface area (Å²) < 4.78 is 5.02. The highest BCUT2D eigenvalue weighted by atomic mass is 16.5. The second-order valence-corrected chi connectivity index (χ2v) is 4.53. The van der Waals surface area contributed by atoms with Gasteiger partial charge in [-0.1, -0.05) is 0 Å². The molecule has 2 aromatic heterocycles. The molecule has 0 aliphatic heterocycles. The maximum absolute atomic E-state index is 11.9. The van der Waals surface area contributed by atoms with Gasteiger partial charge in [0.25, 0.3) is 5.91 Å². The summed E-state index contributed by atoms with van der Waals surface area (Å²) in [6.45, 7) is 3.20. The molecule has 0 fully saturated rings. The number of aromatic amines is 1. The zero-order valence-electron chi connectivity index (χ0n) is 12.1. The lowest BCUT2D eigenvalue weighted by Gasteiger charge is -2.07. The summed E-state index contributed by atoms with van der Waals surface area (Å²) in [6, 6.07) is 1.72. The first-order valence-electron chi connectivity index (χ1n) is 6.72. The van der Waals surface area contributed by atoms with E-state index in [1.54, 1.807) is 25.6 Å². The minimum Gasteiger partial charge on any atom is -0.481 e. The summed E-state index contributed by atoms with van der Waals surface area (Å²) in [4.78, 5) is 22.8. The number of amides is 1. The van der Waals surface area contributed by atoms with Crippen molar-refractivity contribution in [2.24, 2.45) is 0 Å². The number of nitrogens with zero attached hydrogens (tertiary/aromatic N) is 2. The Morgan fingerprint density at radius 3 is 2.90 bits per heavy atom. The Balaban J connectivity index is 1.68. The summed E-state index contributed by atoms with van der Waals surface area (Å²) in [5.41, 5.74) is 1.63. The molecule has 0 radical (unpaired) electrons. The molecule has 0 atom stereocenters. The highest BCUT2D eigenvalue weighted by molar-refractivity contribution is 5.95. The number of hydrogen-bond acceptors (Lipinski definition) is 5. The number of anilines is 1. The number of nitrogens with one attached hydrogen (secondary N) is 3. The van der Waals surface area contributed by atoms with Crippen LogP contribution >= 0.6 is 0 Å². The summed E-state index contributed by atoms with van der Waals surface area (Å²) in [5, 5.41) is 6.03. The van der Waals surface area contributed by atoms with Gasteiger partial charge in [0.2, 0.25) is 5.88 Å². The van der Waals surface area contributed by atoms with Crippen molar-refractivity contribution in [1.82, 2.24) is 20.3 Å². The Morgan fingerprint density at radius 1 is 1.33 bits per heavy atom. The second-order valence-electron chi connectivity index (χ2n) is 4.53. The van der Waals surface area contributed by atoms with Crippen LogP contribution in [0.2, 0.25) is 0 Å².